The van der Waals surface area contributed by atoms with Gasteiger partial charge < -0.3 is 9.80 Å². The molecule has 0 N–H and O–H groups in total. The monoisotopic (exact) mass is 448 g/mol. The van der Waals surface area contributed by atoms with Gasteiger partial charge in [-0.25, -0.2) is 0 Å². The van der Waals surface area contributed by atoms with Crippen molar-refractivity contribution in [1.29, 1.82) is 0 Å². The van der Waals surface area contributed by atoms with Gasteiger partial charge in [0.2, 0.25) is 11.8 Å². The van der Waals surface area contributed by atoms with E-state index in [1.54, 1.807) is 11.9 Å². The van der Waals surface area contributed by atoms with Crippen LogP contribution in [-0.4, -0.2) is 41.2 Å². The van der Waals surface area contributed by atoms with Gasteiger partial charge in [-0.05, 0) is 86.8 Å². The fourth-order valence-electron chi connectivity index (χ4n) is 7.35. The fourth-order valence-corrected chi connectivity index (χ4v) is 7.35. The van der Waals surface area contributed by atoms with Crippen LogP contribution >= 0.6 is 0 Å². The Kier molecular flexibility index (Phi) is 5.29. The summed E-state index contributed by atoms with van der Waals surface area (Å²) < 4.78 is 38.4. The van der Waals surface area contributed by atoms with E-state index in [-0.39, 0.29) is 23.8 Å². The second-order valence-electron chi connectivity index (χ2n) is 10.7. The first-order chi connectivity index (χ1) is 15.1. The summed E-state index contributed by atoms with van der Waals surface area (Å²) in [5.41, 5.74) is -0.312. The number of likely N-dealkylation sites (tertiary alicyclic amines) is 1. The topological polar surface area (TPSA) is 40.6 Å². The van der Waals surface area contributed by atoms with Crippen LogP contribution in [0.4, 0.5) is 13.2 Å². The average Bonchev–Trinajstić information content (AvgIpc) is 3.21. The minimum Gasteiger partial charge on any atom is -0.340 e. The molecule has 5 aliphatic rings. The Morgan fingerprint density at radius 2 is 1.59 bits per heavy atom. The molecule has 0 spiro atoms. The molecule has 1 aliphatic heterocycles. The van der Waals surface area contributed by atoms with Crippen molar-refractivity contribution in [3.8, 4) is 0 Å². The molecule has 4 bridgehead atoms. The first kappa shape index (κ1) is 21.8. The fraction of sp³-hybridized carbons (Fsp3) is 0.680. The van der Waals surface area contributed by atoms with Gasteiger partial charge in [0.1, 0.15) is 6.04 Å². The predicted octanol–water partition coefficient (Wildman–Crippen LogP) is 4.87. The summed E-state index contributed by atoms with van der Waals surface area (Å²) in [5, 5.41) is 0. The summed E-state index contributed by atoms with van der Waals surface area (Å²) in [6.45, 7) is 0.859. The van der Waals surface area contributed by atoms with Crippen LogP contribution in [0.5, 0.6) is 0 Å². The van der Waals surface area contributed by atoms with Crippen LogP contribution in [0.2, 0.25) is 0 Å². The number of nitrogens with zero attached hydrogens (tertiary/aromatic N) is 2. The van der Waals surface area contributed by atoms with Crippen molar-refractivity contribution < 1.29 is 22.8 Å². The van der Waals surface area contributed by atoms with Crippen molar-refractivity contribution in [3.05, 3.63) is 35.4 Å². The lowest BCUT2D eigenvalue weighted by Crippen LogP contribution is -2.57. The number of benzene rings is 1. The number of amides is 2. The molecular formula is C25H31F3N2O2. The number of hydrogen-bond donors (Lipinski definition) is 0. The molecule has 1 atom stereocenters. The smallest absolute Gasteiger partial charge is 0.340 e. The first-order valence-electron chi connectivity index (χ1n) is 11.9. The molecule has 0 radical (unpaired) electrons. The number of likely N-dealkylation sites (N-methyl/N-ethyl adjacent to an activating group) is 1. The summed E-state index contributed by atoms with van der Waals surface area (Å²) in [6.07, 6.45) is 3.86. The van der Waals surface area contributed by atoms with Crippen molar-refractivity contribution in [1.82, 2.24) is 9.80 Å². The lowest BCUT2D eigenvalue weighted by molar-refractivity contribution is -0.161. The standard InChI is InChI=1S/C25H31F3N2O2/c1-29(15-16-4-6-20(7-5-16)25(26,27)28)22(31)21-3-2-8-30(21)23(32)24-12-17-9-18(13-24)11-19(10-17)14-24/h4-7,17-19,21H,2-3,8-15H2,1H3. The van der Waals surface area contributed by atoms with Gasteiger partial charge in [-0.3, -0.25) is 9.59 Å². The van der Waals surface area contributed by atoms with E-state index in [0.717, 1.165) is 37.8 Å². The van der Waals surface area contributed by atoms with Gasteiger partial charge in [0.15, 0.2) is 0 Å². The molecule has 4 saturated carbocycles. The van der Waals surface area contributed by atoms with Gasteiger partial charge in [0.05, 0.1) is 11.0 Å². The lowest BCUT2D eigenvalue weighted by atomic mass is 9.49. The second kappa shape index (κ2) is 7.77. The molecule has 1 saturated heterocycles. The largest absolute Gasteiger partial charge is 0.416 e. The number of hydrogen-bond acceptors (Lipinski definition) is 2. The molecule has 1 unspecified atom stereocenters. The minimum absolute atomic E-state index is 0.111. The molecular weight excluding hydrogens is 417 g/mol. The molecule has 1 aromatic rings. The number of halogens is 3. The summed E-state index contributed by atoms with van der Waals surface area (Å²) in [5.74, 6) is 2.09. The van der Waals surface area contributed by atoms with E-state index in [2.05, 4.69) is 0 Å². The Bertz CT molecular complexity index is 860. The number of rotatable bonds is 4. The highest BCUT2D eigenvalue weighted by molar-refractivity contribution is 5.91. The van der Waals surface area contributed by atoms with E-state index in [0.29, 0.717) is 36.3 Å². The van der Waals surface area contributed by atoms with Crippen molar-refractivity contribution in [3.63, 3.8) is 0 Å². The average molecular weight is 449 g/mol. The van der Waals surface area contributed by atoms with Gasteiger partial charge in [0.25, 0.3) is 0 Å². The van der Waals surface area contributed by atoms with Crippen LogP contribution in [0, 0.1) is 23.2 Å². The Labute approximate surface area is 187 Å². The van der Waals surface area contributed by atoms with Crippen molar-refractivity contribution in [2.45, 2.75) is 70.1 Å². The highest BCUT2D eigenvalue weighted by Crippen LogP contribution is 2.60. The maximum Gasteiger partial charge on any atom is 0.416 e. The zero-order valence-electron chi connectivity index (χ0n) is 18.5. The van der Waals surface area contributed by atoms with Crippen LogP contribution in [0.3, 0.4) is 0 Å². The van der Waals surface area contributed by atoms with Crippen LogP contribution < -0.4 is 0 Å². The molecule has 1 heterocycles. The quantitative estimate of drug-likeness (QED) is 0.659. The summed E-state index contributed by atoms with van der Waals surface area (Å²) >= 11 is 0. The molecule has 174 valence electrons. The van der Waals surface area contributed by atoms with Gasteiger partial charge in [-0.1, -0.05) is 12.1 Å². The molecule has 32 heavy (non-hydrogen) atoms. The molecule has 2 amide bonds. The number of alkyl halides is 3. The predicted molar refractivity (Wildman–Crippen MR) is 113 cm³/mol. The number of carbonyl (C=O) groups excluding carboxylic acids is 2. The third kappa shape index (κ3) is 3.81. The van der Waals surface area contributed by atoms with E-state index in [1.165, 1.54) is 31.4 Å². The first-order valence-corrected chi connectivity index (χ1v) is 11.9. The third-order valence-corrected chi connectivity index (χ3v) is 8.37. The van der Waals surface area contributed by atoms with E-state index in [1.807, 2.05) is 4.90 Å². The molecule has 0 aromatic heterocycles. The van der Waals surface area contributed by atoms with E-state index < -0.39 is 17.8 Å². The second-order valence-corrected chi connectivity index (χ2v) is 10.7. The molecule has 4 aliphatic carbocycles. The molecule has 4 nitrogen and oxygen atoms in total. The third-order valence-electron chi connectivity index (χ3n) is 8.37. The van der Waals surface area contributed by atoms with E-state index in [4.69, 9.17) is 0 Å². The molecule has 7 heteroatoms. The highest BCUT2D eigenvalue weighted by atomic mass is 19.4. The zero-order chi connectivity index (χ0) is 22.7. The van der Waals surface area contributed by atoms with Crippen molar-refractivity contribution in [2.75, 3.05) is 13.6 Å². The number of carbonyl (C=O) groups is 2. The van der Waals surface area contributed by atoms with Gasteiger partial charge in [0, 0.05) is 20.1 Å². The van der Waals surface area contributed by atoms with Crippen molar-refractivity contribution in [2.24, 2.45) is 23.2 Å². The summed E-state index contributed by atoms with van der Waals surface area (Å²) in [7, 11) is 1.67. The van der Waals surface area contributed by atoms with Crippen LogP contribution in [-0.2, 0) is 22.3 Å². The Morgan fingerprint density at radius 1 is 1.03 bits per heavy atom. The maximum atomic E-state index is 13.8. The van der Waals surface area contributed by atoms with Crippen LogP contribution in [0.1, 0.15) is 62.5 Å². The zero-order valence-corrected chi connectivity index (χ0v) is 18.5. The SMILES string of the molecule is CN(Cc1ccc(C(F)(F)F)cc1)C(=O)C1CCCN1C(=O)C12CC3CC(CC(C3)C1)C2. The summed E-state index contributed by atoms with van der Waals surface area (Å²) in [4.78, 5) is 30.4. The van der Waals surface area contributed by atoms with E-state index >= 15 is 0 Å². The Hall–Kier alpha value is -2.05. The van der Waals surface area contributed by atoms with Gasteiger partial charge in [-0.15, -0.1) is 0 Å². The Morgan fingerprint density at radius 3 is 2.12 bits per heavy atom. The molecule has 6 rings (SSSR count). The van der Waals surface area contributed by atoms with Crippen LogP contribution in [0.15, 0.2) is 24.3 Å². The van der Waals surface area contributed by atoms with Crippen LogP contribution in [0.25, 0.3) is 0 Å². The summed E-state index contributed by atoms with van der Waals surface area (Å²) in [6, 6.07) is 4.48. The Balaban J connectivity index is 1.27. The maximum absolute atomic E-state index is 13.8. The highest BCUT2D eigenvalue weighted by Gasteiger charge is 2.56. The molecule has 5 fully saturated rings. The van der Waals surface area contributed by atoms with Gasteiger partial charge in [-0.2, -0.15) is 13.2 Å². The van der Waals surface area contributed by atoms with E-state index in [9.17, 15) is 22.8 Å². The molecule has 1 aromatic carbocycles. The normalized spacial score (nSPS) is 33.6. The minimum atomic E-state index is -4.37. The van der Waals surface area contributed by atoms with Gasteiger partial charge >= 0.3 is 6.18 Å². The van der Waals surface area contributed by atoms with Crippen molar-refractivity contribution >= 4 is 11.8 Å². The lowest BCUT2D eigenvalue weighted by Gasteiger charge is -2.56.